The van der Waals surface area contributed by atoms with Crippen LogP contribution in [0.15, 0.2) is 0 Å². The van der Waals surface area contributed by atoms with Gasteiger partial charge in [0.15, 0.2) is 5.13 Å². The molecule has 0 aromatic carbocycles. The molecule has 1 amide bonds. The van der Waals surface area contributed by atoms with Crippen LogP contribution in [0.25, 0.3) is 0 Å². The summed E-state index contributed by atoms with van der Waals surface area (Å²) in [5.74, 6) is -0.536. The highest BCUT2D eigenvalue weighted by Gasteiger charge is 2.24. The van der Waals surface area contributed by atoms with Crippen molar-refractivity contribution in [1.29, 1.82) is 0 Å². The van der Waals surface area contributed by atoms with Gasteiger partial charge in [0.25, 0.3) is 0 Å². The van der Waals surface area contributed by atoms with Crippen molar-refractivity contribution in [3.05, 3.63) is 10.6 Å². The van der Waals surface area contributed by atoms with Crippen molar-refractivity contribution in [3.63, 3.8) is 0 Å². The standard InChI is InChI=1S/C13H20N2O3S/c1-7(2)18-10(16)9-8(3)14-12(19-9)15-11(17)13(4,5)6/h7H,1-6H3,(H,14,15,17). The number of thiazole rings is 1. The Labute approximate surface area is 117 Å². The van der Waals surface area contributed by atoms with Crippen LogP contribution in [0, 0.1) is 12.3 Å². The van der Waals surface area contributed by atoms with E-state index in [-0.39, 0.29) is 12.0 Å². The number of carbonyl (C=O) groups excluding carboxylic acids is 2. The number of ether oxygens (including phenoxy) is 1. The first-order valence-corrected chi connectivity index (χ1v) is 6.92. The minimum absolute atomic E-state index is 0.134. The van der Waals surface area contributed by atoms with Crippen molar-refractivity contribution in [2.45, 2.75) is 47.6 Å². The number of rotatable bonds is 3. The second kappa shape index (κ2) is 5.69. The normalized spacial score (nSPS) is 11.5. The summed E-state index contributed by atoms with van der Waals surface area (Å²) in [4.78, 5) is 28.3. The second-order valence-electron chi connectivity index (χ2n) is 5.59. The number of nitrogens with one attached hydrogen (secondary N) is 1. The number of aryl methyl sites for hydroxylation is 1. The lowest BCUT2D eigenvalue weighted by Gasteiger charge is -2.15. The molecule has 19 heavy (non-hydrogen) atoms. The van der Waals surface area contributed by atoms with Gasteiger partial charge in [-0.25, -0.2) is 9.78 Å². The van der Waals surface area contributed by atoms with E-state index in [2.05, 4.69) is 10.3 Å². The lowest BCUT2D eigenvalue weighted by molar-refractivity contribution is -0.123. The smallest absolute Gasteiger partial charge is 0.350 e. The molecule has 1 N–H and O–H groups in total. The SMILES string of the molecule is Cc1nc(NC(=O)C(C)(C)C)sc1C(=O)OC(C)C. The predicted molar refractivity (Wildman–Crippen MR) is 75.5 cm³/mol. The van der Waals surface area contributed by atoms with Gasteiger partial charge in [0, 0.05) is 5.41 Å². The lowest BCUT2D eigenvalue weighted by atomic mass is 9.96. The molecule has 0 spiro atoms. The Morgan fingerprint density at radius 1 is 1.32 bits per heavy atom. The molecule has 0 aliphatic carbocycles. The quantitative estimate of drug-likeness (QED) is 0.866. The summed E-state index contributed by atoms with van der Waals surface area (Å²) in [5.41, 5.74) is 0.0675. The van der Waals surface area contributed by atoms with E-state index in [0.717, 1.165) is 11.3 Å². The van der Waals surface area contributed by atoms with E-state index in [9.17, 15) is 9.59 Å². The van der Waals surface area contributed by atoms with E-state index in [0.29, 0.717) is 15.7 Å². The molecule has 1 aromatic heterocycles. The summed E-state index contributed by atoms with van der Waals surface area (Å²) in [6, 6.07) is 0. The molecule has 1 heterocycles. The summed E-state index contributed by atoms with van der Waals surface area (Å²) < 4.78 is 5.12. The Kier molecular flexibility index (Phi) is 4.68. The molecule has 0 saturated carbocycles. The van der Waals surface area contributed by atoms with Crippen LogP contribution in [-0.2, 0) is 9.53 Å². The minimum atomic E-state index is -0.502. The van der Waals surface area contributed by atoms with E-state index >= 15 is 0 Å². The molecule has 106 valence electrons. The maximum Gasteiger partial charge on any atom is 0.350 e. The van der Waals surface area contributed by atoms with Gasteiger partial charge < -0.3 is 10.1 Å². The van der Waals surface area contributed by atoms with Crippen molar-refractivity contribution in [2.75, 3.05) is 5.32 Å². The van der Waals surface area contributed by atoms with Crippen LogP contribution >= 0.6 is 11.3 Å². The second-order valence-corrected chi connectivity index (χ2v) is 6.59. The third kappa shape index (κ3) is 4.31. The Bertz CT molecular complexity index is 487. The molecule has 6 heteroatoms. The zero-order chi connectivity index (χ0) is 14.8. The number of nitrogens with zero attached hydrogens (tertiary/aromatic N) is 1. The fraction of sp³-hybridized carbons (Fsp3) is 0.615. The summed E-state index contributed by atoms with van der Waals surface area (Å²) in [6.45, 7) is 10.7. The fourth-order valence-electron chi connectivity index (χ4n) is 1.19. The highest BCUT2D eigenvalue weighted by Crippen LogP contribution is 2.25. The maximum atomic E-state index is 11.8. The topological polar surface area (TPSA) is 68.3 Å². The molecule has 0 aliphatic rings. The first-order valence-electron chi connectivity index (χ1n) is 6.11. The van der Waals surface area contributed by atoms with E-state index in [1.54, 1.807) is 20.8 Å². The third-order valence-electron chi connectivity index (χ3n) is 2.23. The minimum Gasteiger partial charge on any atom is -0.459 e. The first-order chi connectivity index (χ1) is 8.61. The molecule has 0 fully saturated rings. The Morgan fingerprint density at radius 3 is 2.37 bits per heavy atom. The van der Waals surface area contributed by atoms with E-state index in [1.165, 1.54) is 0 Å². The van der Waals surface area contributed by atoms with Crippen molar-refractivity contribution in [1.82, 2.24) is 4.98 Å². The summed E-state index contributed by atoms with van der Waals surface area (Å²) >= 11 is 1.14. The van der Waals surface area contributed by atoms with Crippen LogP contribution < -0.4 is 5.32 Å². The third-order valence-corrected chi connectivity index (χ3v) is 3.28. The average Bonchev–Trinajstić information content (AvgIpc) is 2.57. The molecule has 5 nitrogen and oxygen atoms in total. The number of hydrogen-bond acceptors (Lipinski definition) is 5. The van der Waals surface area contributed by atoms with E-state index < -0.39 is 11.4 Å². The maximum absolute atomic E-state index is 11.8. The highest BCUT2D eigenvalue weighted by atomic mass is 32.1. The van der Waals surface area contributed by atoms with Crippen molar-refractivity contribution >= 4 is 28.3 Å². The monoisotopic (exact) mass is 284 g/mol. The summed E-state index contributed by atoms with van der Waals surface area (Å²) in [5, 5.41) is 3.14. The zero-order valence-corrected chi connectivity index (χ0v) is 13.0. The van der Waals surface area contributed by atoms with E-state index in [4.69, 9.17) is 4.74 Å². The Hall–Kier alpha value is -1.43. The number of anilines is 1. The molecule has 0 saturated heterocycles. The van der Waals surface area contributed by atoms with Gasteiger partial charge in [-0.2, -0.15) is 0 Å². The van der Waals surface area contributed by atoms with Crippen LogP contribution in [0.5, 0.6) is 0 Å². The molecule has 0 atom stereocenters. The van der Waals surface area contributed by atoms with Crippen molar-refractivity contribution in [2.24, 2.45) is 5.41 Å². The first kappa shape index (κ1) is 15.6. The van der Waals surface area contributed by atoms with Gasteiger partial charge >= 0.3 is 5.97 Å². The van der Waals surface area contributed by atoms with Gasteiger partial charge in [-0.3, -0.25) is 4.79 Å². The zero-order valence-electron chi connectivity index (χ0n) is 12.2. The number of esters is 1. The summed E-state index contributed by atoms with van der Waals surface area (Å²) in [6.07, 6.45) is -0.179. The van der Waals surface area contributed by atoms with Crippen LogP contribution in [0.1, 0.15) is 50.0 Å². The number of hydrogen-bond donors (Lipinski definition) is 1. The van der Waals surface area contributed by atoms with Gasteiger partial charge in [-0.1, -0.05) is 32.1 Å². The van der Waals surface area contributed by atoms with Crippen LogP contribution in [0.4, 0.5) is 5.13 Å². The number of aromatic nitrogens is 1. The van der Waals surface area contributed by atoms with Gasteiger partial charge in [0.1, 0.15) is 4.88 Å². The molecule has 0 unspecified atom stereocenters. The van der Waals surface area contributed by atoms with Gasteiger partial charge in [-0.05, 0) is 20.8 Å². The highest BCUT2D eigenvalue weighted by molar-refractivity contribution is 7.17. The molecule has 1 rings (SSSR count). The van der Waals surface area contributed by atoms with Gasteiger partial charge in [-0.15, -0.1) is 0 Å². The van der Waals surface area contributed by atoms with Crippen LogP contribution in [0.3, 0.4) is 0 Å². The molecular formula is C13H20N2O3S. The molecule has 1 aromatic rings. The van der Waals surface area contributed by atoms with Crippen LogP contribution in [0.2, 0.25) is 0 Å². The van der Waals surface area contributed by atoms with E-state index in [1.807, 2.05) is 20.8 Å². The van der Waals surface area contributed by atoms with Crippen LogP contribution in [-0.4, -0.2) is 23.0 Å². The Balaban J connectivity index is 2.85. The van der Waals surface area contributed by atoms with Crippen molar-refractivity contribution in [3.8, 4) is 0 Å². The molecule has 0 aliphatic heterocycles. The van der Waals surface area contributed by atoms with Crippen molar-refractivity contribution < 1.29 is 14.3 Å². The van der Waals surface area contributed by atoms with Gasteiger partial charge in [0.05, 0.1) is 11.8 Å². The number of carbonyl (C=O) groups is 2. The molecule has 0 radical (unpaired) electrons. The van der Waals surface area contributed by atoms with Gasteiger partial charge in [0.2, 0.25) is 5.91 Å². The lowest BCUT2D eigenvalue weighted by Crippen LogP contribution is -2.27. The molecular weight excluding hydrogens is 264 g/mol. The number of amides is 1. The Morgan fingerprint density at radius 2 is 1.89 bits per heavy atom. The fourth-order valence-corrected chi connectivity index (χ4v) is 2.04. The summed E-state index contributed by atoms with van der Waals surface area (Å²) in [7, 11) is 0. The average molecular weight is 284 g/mol. The molecule has 0 bridgehead atoms. The largest absolute Gasteiger partial charge is 0.459 e. The predicted octanol–water partition coefficient (Wildman–Crippen LogP) is 3.00.